The smallest absolute Gasteiger partial charge is 0.316 e. The molecule has 0 aromatic rings. The lowest BCUT2D eigenvalue weighted by molar-refractivity contribution is -0.185. The lowest BCUT2D eigenvalue weighted by atomic mass is 10.1. The number of hydrogen-bond donors (Lipinski definition) is 1. The van der Waals surface area contributed by atoms with Crippen molar-refractivity contribution in [3.05, 3.63) is 0 Å². The van der Waals surface area contributed by atoms with Crippen molar-refractivity contribution in [3.63, 3.8) is 0 Å². The largest absolute Gasteiger partial charge is 0.396 e. The third-order valence-electron chi connectivity index (χ3n) is 2.63. The summed E-state index contributed by atoms with van der Waals surface area (Å²) in [5, 5.41) is 2.75. The fourth-order valence-electron chi connectivity index (χ4n) is 1.78. The topological polar surface area (TPSA) is 12.0 Å². The molecule has 1 aliphatic carbocycles. The van der Waals surface area contributed by atoms with Gasteiger partial charge < -0.3 is 5.32 Å². The molecule has 0 radical (unpaired) electrons. The zero-order valence-electron chi connectivity index (χ0n) is 5.33. The van der Waals surface area contributed by atoms with Crippen molar-refractivity contribution >= 4 is 0 Å². The molecule has 2 atom stereocenters. The van der Waals surface area contributed by atoms with E-state index in [-0.39, 0.29) is 12.5 Å². The Morgan fingerprint density at radius 1 is 1.40 bits per heavy atom. The summed E-state index contributed by atoms with van der Waals surface area (Å²) in [7, 11) is 0. The molecule has 4 heteroatoms. The molecule has 1 aliphatic heterocycles. The van der Waals surface area contributed by atoms with Crippen LogP contribution in [0.1, 0.15) is 6.42 Å². The Morgan fingerprint density at radius 2 is 2.10 bits per heavy atom. The molecule has 10 heavy (non-hydrogen) atoms. The van der Waals surface area contributed by atoms with E-state index < -0.39 is 11.6 Å². The number of halogens is 3. The Hall–Kier alpha value is -0.250. The van der Waals surface area contributed by atoms with Crippen LogP contribution in [-0.2, 0) is 0 Å². The number of alkyl halides is 3. The minimum atomic E-state index is -3.97. The molecule has 0 spiro atoms. The van der Waals surface area contributed by atoms with Crippen molar-refractivity contribution in [1.29, 1.82) is 0 Å². The van der Waals surface area contributed by atoms with Crippen LogP contribution in [0.15, 0.2) is 0 Å². The second-order valence-electron chi connectivity index (χ2n) is 3.19. The van der Waals surface area contributed by atoms with Crippen LogP contribution in [0, 0.1) is 11.3 Å². The fourth-order valence-corrected chi connectivity index (χ4v) is 1.78. The molecule has 0 bridgehead atoms. The summed E-state index contributed by atoms with van der Waals surface area (Å²) in [6.45, 7) is 0.695. The van der Waals surface area contributed by atoms with Crippen LogP contribution in [0.4, 0.5) is 13.2 Å². The van der Waals surface area contributed by atoms with Gasteiger partial charge >= 0.3 is 6.18 Å². The molecule has 1 saturated carbocycles. The van der Waals surface area contributed by atoms with Gasteiger partial charge in [-0.2, -0.15) is 13.2 Å². The van der Waals surface area contributed by atoms with Gasteiger partial charge in [0, 0.05) is 6.54 Å². The van der Waals surface area contributed by atoms with E-state index >= 15 is 0 Å². The lowest BCUT2D eigenvalue weighted by Crippen LogP contribution is -2.30. The number of nitrogens with one attached hydrogen (secondary N) is 1. The summed E-state index contributed by atoms with van der Waals surface area (Å²) in [5.74, 6) is -0.118. The Kier molecular flexibility index (Phi) is 0.966. The summed E-state index contributed by atoms with van der Waals surface area (Å²) >= 11 is 0. The van der Waals surface area contributed by atoms with Gasteiger partial charge in [0.15, 0.2) is 0 Å². The van der Waals surface area contributed by atoms with E-state index in [9.17, 15) is 13.2 Å². The normalized spacial score (nSPS) is 45.3. The Labute approximate surface area is 56.6 Å². The number of piperidine rings is 1. The SMILES string of the molecule is FC(F)(F)C12CNCC1C2. The summed E-state index contributed by atoms with van der Waals surface area (Å²) in [5.41, 5.74) is -1.31. The van der Waals surface area contributed by atoms with Crippen molar-refractivity contribution in [2.24, 2.45) is 11.3 Å². The average Bonchev–Trinajstić information content (AvgIpc) is 2.36. The highest BCUT2D eigenvalue weighted by Crippen LogP contribution is 2.63. The van der Waals surface area contributed by atoms with E-state index in [2.05, 4.69) is 5.32 Å². The van der Waals surface area contributed by atoms with Crippen LogP contribution in [0.2, 0.25) is 0 Å². The Morgan fingerprint density at radius 3 is 2.30 bits per heavy atom. The maximum Gasteiger partial charge on any atom is 0.396 e. The lowest BCUT2D eigenvalue weighted by Gasteiger charge is -2.15. The quantitative estimate of drug-likeness (QED) is 0.547. The molecule has 1 heterocycles. The number of rotatable bonds is 0. The maximum absolute atomic E-state index is 12.1. The average molecular weight is 151 g/mol. The van der Waals surface area contributed by atoms with Crippen LogP contribution < -0.4 is 5.32 Å². The van der Waals surface area contributed by atoms with Gasteiger partial charge in [-0.3, -0.25) is 0 Å². The number of hydrogen-bond acceptors (Lipinski definition) is 1. The number of fused-ring (bicyclic) bond motifs is 1. The highest BCUT2D eigenvalue weighted by Gasteiger charge is 2.72. The summed E-state index contributed by atoms with van der Waals surface area (Å²) in [6, 6.07) is 0. The van der Waals surface area contributed by atoms with Crippen LogP contribution in [0.3, 0.4) is 0 Å². The molecule has 2 rings (SSSR count). The van der Waals surface area contributed by atoms with E-state index in [1.165, 1.54) is 0 Å². The van der Waals surface area contributed by atoms with Crippen molar-refractivity contribution < 1.29 is 13.2 Å². The zero-order chi connectivity index (χ0) is 7.41. The highest BCUT2D eigenvalue weighted by atomic mass is 19.4. The van der Waals surface area contributed by atoms with E-state index in [4.69, 9.17) is 0 Å². The molecule has 58 valence electrons. The summed E-state index contributed by atoms with van der Waals surface area (Å²) in [6.07, 6.45) is -3.62. The van der Waals surface area contributed by atoms with E-state index in [0.29, 0.717) is 13.0 Å². The van der Waals surface area contributed by atoms with Crippen molar-refractivity contribution in [2.75, 3.05) is 13.1 Å². The molecule has 0 aromatic carbocycles. The third kappa shape index (κ3) is 0.576. The van der Waals surface area contributed by atoms with Crippen molar-refractivity contribution in [3.8, 4) is 0 Å². The van der Waals surface area contributed by atoms with Crippen LogP contribution in [0.5, 0.6) is 0 Å². The van der Waals surface area contributed by atoms with Gasteiger partial charge in [0.25, 0.3) is 0 Å². The van der Waals surface area contributed by atoms with Gasteiger partial charge in [0.05, 0.1) is 5.41 Å². The molecular formula is C6H8F3N. The molecular weight excluding hydrogens is 143 g/mol. The van der Waals surface area contributed by atoms with E-state index in [0.717, 1.165) is 0 Å². The minimum absolute atomic E-state index is 0.118. The third-order valence-corrected chi connectivity index (χ3v) is 2.63. The Bertz CT molecular complexity index is 165. The fraction of sp³-hybridized carbons (Fsp3) is 1.00. The second kappa shape index (κ2) is 1.49. The van der Waals surface area contributed by atoms with Crippen LogP contribution in [0.25, 0.3) is 0 Å². The molecule has 1 saturated heterocycles. The monoisotopic (exact) mass is 151 g/mol. The first kappa shape index (κ1) is 6.46. The first-order valence-corrected chi connectivity index (χ1v) is 3.34. The highest BCUT2D eigenvalue weighted by molar-refractivity contribution is 5.13. The minimum Gasteiger partial charge on any atom is -0.316 e. The van der Waals surface area contributed by atoms with Crippen LogP contribution in [-0.4, -0.2) is 19.3 Å². The molecule has 1 nitrogen and oxygen atoms in total. The van der Waals surface area contributed by atoms with Gasteiger partial charge in [0.1, 0.15) is 0 Å². The van der Waals surface area contributed by atoms with Crippen molar-refractivity contribution in [2.45, 2.75) is 12.6 Å². The molecule has 1 N–H and O–H groups in total. The molecule has 2 aliphatic rings. The Balaban J connectivity index is 2.18. The van der Waals surface area contributed by atoms with Gasteiger partial charge in [-0.15, -0.1) is 0 Å². The van der Waals surface area contributed by atoms with E-state index in [1.807, 2.05) is 0 Å². The maximum atomic E-state index is 12.1. The molecule has 2 fully saturated rings. The van der Waals surface area contributed by atoms with Gasteiger partial charge in [0.2, 0.25) is 0 Å². The first-order valence-electron chi connectivity index (χ1n) is 3.34. The summed E-state index contributed by atoms with van der Waals surface area (Å²) in [4.78, 5) is 0. The summed E-state index contributed by atoms with van der Waals surface area (Å²) < 4.78 is 36.4. The van der Waals surface area contributed by atoms with E-state index in [1.54, 1.807) is 0 Å². The van der Waals surface area contributed by atoms with Gasteiger partial charge in [-0.25, -0.2) is 0 Å². The second-order valence-corrected chi connectivity index (χ2v) is 3.19. The molecule has 0 amide bonds. The predicted molar refractivity (Wildman–Crippen MR) is 29.5 cm³/mol. The standard InChI is InChI=1S/C6H8F3N/c7-6(8,9)5-1-4(5)2-10-3-5/h4,10H,1-3H2. The van der Waals surface area contributed by atoms with Gasteiger partial charge in [-0.1, -0.05) is 0 Å². The van der Waals surface area contributed by atoms with Crippen LogP contribution >= 0.6 is 0 Å². The van der Waals surface area contributed by atoms with Gasteiger partial charge in [-0.05, 0) is 18.9 Å². The molecule has 2 unspecified atom stereocenters. The zero-order valence-corrected chi connectivity index (χ0v) is 5.33. The first-order chi connectivity index (χ1) is 4.56. The van der Waals surface area contributed by atoms with Crippen molar-refractivity contribution in [1.82, 2.24) is 5.32 Å². The predicted octanol–water partition coefficient (Wildman–Crippen LogP) is 1.16. The molecule has 0 aromatic heterocycles.